The molecular weight excluding hydrogens is 400 g/mol. The molecular formula is C19H19ClN4O3S. The molecule has 0 unspecified atom stereocenters. The van der Waals surface area contributed by atoms with Crippen molar-refractivity contribution in [2.75, 3.05) is 5.32 Å². The van der Waals surface area contributed by atoms with Crippen LogP contribution in [0.1, 0.15) is 30.8 Å². The molecule has 9 heteroatoms. The van der Waals surface area contributed by atoms with Gasteiger partial charge < -0.3 is 9.73 Å². The highest BCUT2D eigenvalue weighted by atomic mass is 35.5. The first kappa shape index (κ1) is 20.0. The lowest BCUT2D eigenvalue weighted by atomic mass is 9.98. The van der Waals surface area contributed by atoms with Gasteiger partial charge in [-0.25, -0.2) is 0 Å². The number of hydrogen-bond donors (Lipinski definition) is 2. The van der Waals surface area contributed by atoms with Crippen LogP contribution in [0.5, 0.6) is 0 Å². The molecule has 0 saturated heterocycles. The molecule has 3 aromatic rings. The second kappa shape index (κ2) is 8.99. The summed E-state index contributed by atoms with van der Waals surface area (Å²) in [6.45, 7) is 3.85. The fourth-order valence-electron chi connectivity index (χ4n) is 2.49. The van der Waals surface area contributed by atoms with E-state index in [1.807, 2.05) is 26.0 Å². The van der Waals surface area contributed by atoms with Crippen LogP contribution in [0.4, 0.5) is 5.13 Å². The average molecular weight is 419 g/mol. The number of amides is 2. The van der Waals surface area contributed by atoms with Crippen LogP contribution in [-0.2, 0) is 4.79 Å². The number of aromatic nitrogens is 2. The Kier molecular flexibility index (Phi) is 6.43. The molecule has 2 heterocycles. The van der Waals surface area contributed by atoms with Crippen LogP contribution in [0.15, 0.2) is 47.1 Å². The summed E-state index contributed by atoms with van der Waals surface area (Å²) in [6, 6.07) is 9.63. The Morgan fingerprint density at radius 1 is 1.21 bits per heavy atom. The number of carbonyl (C=O) groups is 2. The highest BCUT2D eigenvalue weighted by Crippen LogP contribution is 2.27. The molecule has 1 aromatic carbocycles. The highest BCUT2D eigenvalue weighted by Gasteiger charge is 2.28. The van der Waals surface area contributed by atoms with Crippen LogP contribution >= 0.6 is 22.9 Å². The molecule has 0 radical (unpaired) electrons. The molecule has 0 bridgehead atoms. The zero-order chi connectivity index (χ0) is 20.1. The predicted molar refractivity (Wildman–Crippen MR) is 108 cm³/mol. The van der Waals surface area contributed by atoms with Gasteiger partial charge in [0.05, 0.1) is 6.26 Å². The van der Waals surface area contributed by atoms with Crippen LogP contribution < -0.4 is 10.6 Å². The molecule has 0 aliphatic heterocycles. The van der Waals surface area contributed by atoms with Gasteiger partial charge in [-0.2, -0.15) is 0 Å². The monoisotopic (exact) mass is 418 g/mol. The summed E-state index contributed by atoms with van der Waals surface area (Å²) >= 11 is 7.14. The van der Waals surface area contributed by atoms with Crippen LogP contribution in [0.3, 0.4) is 0 Å². The minimum absolute atomic E-state index is 0.0810. The summed E-state index contributed by atoms with van der Waals surface area (Å²) < 4.78 is 5.09. The Hall–Kier alpha value is -2.71. The number of furan rings is 1. The number of halogens is 1. The second-order valence-corrected chi connectivity index (χ2v) is 7.64. The lowest BCUT2D eigenvalue weighted by molar-refractivity contribution is -0.119. The fourth-order valence-corrected chi connectivity index (χ4v) is 3.37. The first-order valence-corrected chi connectivity index (χ1v) is 9.92. The molecule has 146 valence electrons. The fraction of sp³-hybridized carbons (Fsp3) is 0.263. The zero-order valence-corrected chi connectivity index (χ0v) is 16.9. The molecule has 3 rings (SSSR count). The van der Waals surface area contributed by atoms with E-state index in [1.165, 1.54) is 17.6 Å². The number of carbonyl (C=O) groups excluding carboxylic acids is 2. The van der Waals surface area contributed by atoms with Gasteiger partial charge in [-0.05, 0) is 30.2 Å². The van der Waals surface area contributed by atoms with Crippen molar-refractivity contribution >= 4 is 39.9 Å². The van der Waals surface area contributed by atoms with Crippen LogP contribution in [-0.4, -0.2) is 28.1 Å². The summed E-state index contributed by atoms with van der Waals surface area (Å²) in [4.78, 5) is 25.1. The van der Waals surface area contributed by atoms with Gasteiger partial charge in [0.15, 0.2) is 5.76 Å². The molecule has 0 saturated carbocycles. The van der Waals surface area contributed by atoms with E-state index in [4.69, 9.17) is 16.0 Å². The summed E-state index contributed by atoms with van der Waals surface area (Å²) in [5.74, 6) is -0.720. The van der Waals surface area contributed by atoms with E-state index >= 15 is 0 Å². The number of nitrogens with zero attached hydrogens (tertiary/aromatic N) is 2. The summed E-state index contributed by atoms with van der Waals surface area (Å²) in [6.07, 6.45) is 2.12. The Morgan fingerprint density at radius 2 is 1.96 bits per heavy atom. The van der Waals surface area contributed by atoms with Crippen molar-refractivity contribution in [2.45, 2.75) is 26.3 Å². The lowest BCUT2D eigenvalue weighted by Gasteiger charge is -2.22. The molecule has 28 heavy (non-hydrogen) atoms. The van der Waals surface area contributed by atoms with Crippen molar-refractivity contribution < 1.29 is 14.0 Å². The topological polar surface area (TPSA) is 97.1 Å². The maximum Gasteiger partial charge on any atom is 0.287 e. The normalized spacial score (nSPS) is 13.0. The van der Waals surface area contributed by atoms with Crippen LogP contribution in [0, 0.1) is 5.92 Å². The van der Waals surface area contributed by atoms with Gasteiger partial charge in [0.1, 0.15) is 11.0 Å². The molecule has 7 nitrogen and oxygen atoms in total. The van der Waals surface area contributed by atoms with Crippen LogP contribution in [0.25, 0.3) is 10.6 Å². The summed E-state index contributed by atoms with van der Waals surface area (Å²) in [7, 11) is 0. The largest absolute Gasteiger partial charge is 0.459 e. The van der Waals surface area contributed by atoms with Crippen molar-refractivity contribution in [3.63, 3.8) is 0 Å². The maximum absolute atomic E-state index is 12.8. The number of hydrogen-bond acceptors (Lipinski definition) is 6. The third-order valence-corrected chi connectivity index (χ3v) is 5.41. The van der Waals surface area contributed by atoms with E-state index in [2.05, 4.69) is 20.8 Å². The maximum atomic E-state index is 12.8. The van der Waals surface area contributed by atoms with Gasteiger partial charge in [-0.3, -0.25) is 14.9 Å². The van der Waals surface area contributed by atoms with Gasteiger partial charge >= 0.3 is 0 Å². The van der Waals surface area contributed by atoms with E-state index < -0.39 is 11.9 Å². The van der Waals surface area contributed by atoms with Gasteiger partial charge in [-0.15, -0.1) is 10.2 Å². The van der Waals surface area contributed by atoms with Crippen molar-refractivity contribution in [3.8, 4) is 10.6 Å². The minimum Gasteiger partial charge on any atom is -0.459 e. The van der Waals surface area contributed by atoms with Gasteiger partial charge in [0, 0.05) is 10.6 Å². The third kappa shape index (κ3) is 4.76. The van der Waals surface area contributed by atoms with Crippen LogP contribution in [0.2, 0.25) is 5.02 Å². The van der Waals surface area contributed by atoms with Gasteiger partial charge in [0.2, 0.25) is 11.0 Å². The molecule has 2 aromatic heterocycles. The molecule has 0 aliphatic carbocycles. The van der Waals surface area contributed by atoms with Crippen molar-refractivity contribution in [2.24, 2.45) is 5.92 Å². The number of nitrogens with one attached hydrogen (secondary N) is 2. The van der Waals surface area contributed by atoms with Gasteiger partial charge in [-0.1, -0.05) is 55.3 Å². The van der Waals surface area contributed by atoms with E-state index in [0.717, 1.165) is 5.56 Å². The lowest BCUT2D eigenvalue weighted by Crippen LogP contribution is -2.47. The first-order valence-electron chi connectivity index (χ1n) is 8.72. The summed E-state index contributed by atoms with van der Waals surface area (Å²) in [5, 5.41) is 15.2. The van der Waals surface area contributed by atoms with Crippen molar-refractivity contribution in [1.82, 2.24) is 15.5 Å². The van der Waals surface area contributed by atoms with Crippen molar-refractivity contribution in [3.05, 3.63) is 53.4 Å². The SMILES string of the molecule is CC[C@H](C)[C@@H](NC(=O)c1ccco1)C(=O)Nc1nnc(-c2ccc(Cl)cc2)s1. The Morgan fingerprint density at radius 3 is 2.61 bits per heavy atom. The number of benzene rings is 1. The van der Waals surface area contributed by atoms with E-state index in [-0.39, 0.29) is 17.6 Å². The zero-order valence-electron chi connectivity index (χ0n) is 15.3. The second-order valence-electron chi connectivity index (χ2n) is 6.22. The Balaban J connectivity index is 1.71. The molecule has 2 N–H and O–H groups in total. The number of anilines is 1. The Bertz CT molecular complexity index is 941. The molecule has 0 fully saturated rings. The van der Waals surface area contributed by atoms with E-state index in [0.29, 0.717) is 21.6 Å². The molecule has 0 spiro atoms. The third-order valence-electron chi connectivity index (χ3n) is 4.27. The van der Waals surface area contributed by atoms with E-state index in [1.54, 1.807) is 24.3 Å². The summed E-state index contributed by atoms with van der Waals surface area (Å²) in [5.41, 5.74) is 0.854. The first-order chi connectivity index (χ1) is 13.5. The van der Waals surface area contributed by atoms with Crippen molar-refractivity contribution in [1.29, 1.82) is 0 Å². The molecule has 0 aliphatic rings. The molecule has 2 atom stereocenters. The Labute approximate surface area is 171 Å². The van der Waals surface area contributed by atoms with E-state index in [9.17, 15) is 9.59 Å². The highest BCUT2D eigenvalue weighted by molar-refractivity contribution is 7.18. The minimum atomic E-state index is -0.731. The standard InChI is InChI=1S/C19H19ClN4O3S/c1-3-11(2)15(21-16(25)14-5-4-10-27-14)17(26)22-19-24-23-18(28-19)12-6-8-13(20)9-7-12/h4-11,15H,3H2,1-2H3,(H,21,25)(H,22,24,26)/t11-,15+/m0/s1. The average Bonchev–Trinajstić information content (AvgIpc) is 3.38. The van der Waals surface area contributed by atoms with Gasteiger partial charge in [0.25, 0.3) is 5.91 Å². The molecule has 2 amide bonds. The predicted octanol–water partition coefficient (Wildman–Crippen LogP) is 4.23. The number of rotatable bonds is 7. The smallest absolute Gasteiger partial charge is 0.287 e. The quantitative estimate of drug-likeness (QED) is 0.598.